The van der Waals surface area contributed by atoms with Crippen molar-refractivity contribution >= 4 is 15.9 Å². The first kappa shape index (κ1) is 11.9. The smallest absolute Gasteiger partial charge is 0.237 e. The van der Waals surface area contributed by atoms with E-state index < -0.39 is 10.0 Å². The molecule has 1 atom stereocenters. The number of rotatable bonds is 3. The molecule has 2 fully saturated rings. The van der Waals surface area contributed by atoms with E-state index in [0.717, 1.165) is 30.1 Å². The van der Waals surface area contributed by atoms with Crippen LogP contribution in [0.3, 0.4) is 0 Å². The third kappa shape index (κ3) is 2.55. The molecule has 2 rings (SSSR count). The van der Waals surface area contributed by atoms with Crippen molar-refractivity contribution in [2.75, 3.05) is 18.8 Å². The molecule has 0 aromatic rings. The van der Waals surface area contributed by atoms with Crippen LogP contribution in [0, 0.1) is 0 Å². The van der Waals surface area contributed by atoms with Gasteiger partial charge in [0.05, 0.1) is 5.75 Å². The number of nitrogens with one attached hydrogen (secondary N) is 1. The lowest BCUT2D eigenvalue weighted by Gasteiger charge is -2.27. The fraction of sp³-hybridized carbons (Fsp3) is 0.900. The zero-order chi connectivity index (χ0) is 11.6. The van der Waals surface area contributed by atoms with Gasteiger partial charge in [0.1, 0.15) is 0 Å². The lowest BCUT2D eigenvalue weighted by molar-refractivity contribution is -0.127. The van der Waals surface area contributed by atoms with Gasteiger partial charge >= 0.3 is 0 Å². The lowest BCUT2D eigenvalue weighted by Crippen LogP contribution is -2.44. The van der Waals surface area contributed by atoms with Gasteiger partial charge in [0.25, 0.3) is 0 Å². The Morgan fingerprint density at radius 3 is 2.81 bits per heavy atom. The van der Waals surface area contributed by atoms with Crippen LogP contribution in [0.2, 0.25) is 0 Å². The Balaban J connectivity index is 1.93. The van der Waals surface area contributed by atoms with Crippen molar-refractivity contribution < 1.29 is 13.2 Å². The van der Waals surface area contributed by atoms with Gasteiger partial charge in [-0.1, -0.05) is 0 Å². The van der Waals surface area contributed by atoms with Crippen LogP contribution in [0.25, 0.3) is 0 Å². The summed E-state index contributed by atoms with van der Waals surface area (Å²) in [6, 6.07) is 0.380. The average Bonchev–Trinajstić information content (AvgIpc) is 2.68. The Morgan fingerprint density at radius 1 is 1.38 bits per heavy atom. The maximum absolute atomic E-state index is 11.7. The van der Waals surface area contributed by atoms with E-state index in [4.69, 9.17) is 0 Å². The molecule has 0 radical (unpaired) electrons. The second kappa shape index (κ2) is 4.71. The molecule has 0 saturated carbocycles. The van der Waals surface area contributed by atoms with Crippen LogP contribution in [-0.2, 0) is 14.8 Å². The number of hydrogen-bond donors (Lipinski definition) is 1. The van der Waals surface area contributed by atoms with E-state index in [1.165, 1.54) is 0 Å². The largest absolute Gasteiger partial charge is 0.314 e. The molecule has 1 unspecified atom stereocenters. The van der Waals surface area contributed by atoms with Crippen molar-refractivity contribution in [1.82, 2.24) is 9.62 Å². The highest BCUT2D eigenvalue weighted by atomic mass is 32.2. The highest BCUT2D eigenvalue weighted by molar-refractivity contribution is 7.89. The Labute approximate surface area is 96.2 Å². The number of amides is 1. The molecule has 0 spiro atoms. The minimum atomic E-state index is -3.31. The first-order valence-electron chi connectivity index (χ1n) is 5.86. The summed E-state index contributed by atoms with van der Waals surface area (Å²) in [6.45, 7) is 1.35. The monoisotopic (exact) mass is 246 g/mol. The minimum Gasteiger partial charge on any atom is -0.314 e. The van der Waals surface area contributed by atoms with Crippen LogP contribution in [0.1, 0.15) is 32.1 Å². The molecule has 1 N–H and O–H groups in total. The maximum Gasteiger partial charge on any atom is 0.237 e. The molecule has 16 heavy (non-hydrogen) atoms. The number of hydrogen-bond acceptors (Lipinski definition) is 4. The molecule has 5 nitrogen and oxygen atoms in total. The van der Waals surface area contributed by atoms with Crippen LogP contribution < -0.4 is 5.32 Å². The fourth-order valence-electron chi connectivity index (χ4n) is 2.34. The van der Waals surface area contributed by atoms with Crippen molar-refractivity contribution in [2.24, 2.45) is 0 Å². The predicted molar refractivity (Wildman–Crippen MR) is 60.4 cm³/mol. The van der Waals surface area contributed by atoms with Gasteiger partial charge in [0.15, 0.2) is 0 Å². The Hall–Kier alpha value is -0.620. The van der Waals surface area contributed by atoms with E-state index in [9.17, 15) is 13.2 Å². The summed E-state index contributed by atoms with van der Waals surface area (Å²) in [6.07, 6.45) is 3.81. The van der Waals surface area contributed by atoms with Crippen LogP contribution in [0.5, 0.6) is 0 Å². The topological polar surface area (TPSA) is 66.5 Å². The van der Waals surface area contributed by atoms with E-state index in [1.807, 2.05) is 0 Å². The van der Waals surface area contributed by atoms with Crippen LogP contribution in [0.15, 0.2) is 0 Å². The van der Waals surface area contributed by atoms with E-state index in [-0.39, 0.29) is 11.7 Å². The SMILES string of the molecule is O=C1CCCS(=O)(=O)N1CCC1CCCN1. The molecule has 6 heteroatoms. The minimum absolute atomic E-state index is 0.122. The summed E-state index contributed by atoms with van der Waals surface area (Å²) in [4.78, 5) is 11.5. The van der Waals surface area contributed by atoms with Gasteiger partial charge in [-0.05, 0) is 32.2 Å². The molecule has 2 aliphatic heterocycles. The quantitative estimate of drug-likeness (QED) is 0.766. The van der Waals surface area contributed by atoms with Gasteiger partial charge in [-0.3, -0.25) is 4.79 Å². The molecular weight excluding hydrogens is 228 g/mol. The van der Waals surface area contributed by atoms with Gasteiger partial charge in [0.2, 0.25) is 15.9 Å². The van der Waals surface area contributed by atoms with Gasteiger partial charge in [-0.2, -0.15) is 0 Å². The van der Waals surface area contributed by atoms with Crippen LogP contribution >= 0.6 is 0 Å². The van der Waals surface area contributed by atoms with Crippen LogP contribution in [-0.4, -0.2) is 43.5 Å². The first-order valence-corrected chi connectivity index (χ1v) is 7.47. The molecular formula is C10H18N2O3S. The highest BCUT2D eigenvalue weighted by Crippen LogP contribution is 2.17. The Bertz CT molecular complexity index is 360. The molecule has 1 amide bonds. The highest BCUT2D eigenvalue weighted by Gasteiger charge is 2.31. The molecule has 2 aliphatic rings. The van der Waals surface area contributed by atoms with Crippen molar-refractivity contribution in [3.8, 4) is 0 Å². The molecule has 0 bridgehead atoms. The Morgan fingerprint density at radius 2 is 2.19 bits per heavy atom. The van der Waals surface area contributed by atoms with Crippen molar-refractivity contribution in [1.29, 1.82) is 0 Å². The number of nitrogens with zero attached hydrogens (tertiary/aromatic N) is 1. The van der Waals surface area contributed by atoms with Gasteiger partial charge in [-0.15, -0.1) is 0 Å². The molecule has 0 aromatic carbocycles. The van der Waals surface area contributed by atoms with Crippen molar-refractivity contribution in [2.45, 2.75) is 38.1 Å². The normalized spacial score (nSPS) is 29.6. The van der Waals surface area contributed by atoms with Gasteiger partial charge in [0, 0.05) is 19.0 Å². The van der Waals surface area contributed by atoms with Gasteiger partial charge in [-0.25, -0.2) is 12.7 Å². The van der Waals surface area contributed by atoms with Crippen LogP contribution in [0.4, 0.5) is 0 Å². The maximum atomic E-state index is 11.7. The fourth-order valence-corrected chi connectivity index (χ4v) is 3.85. The average molecular weight is 246 g/mol. The molecule has 0 aliphatic carbocycles. The molecule has 2 saturated heterocycles. The number of carbonyl (C=O) groups excluding carboxylic acids is 1. The summed E-state index contributed by atoms with van der Waals surface area (Å²) in [5.74, 6) is -0.110. The molecule has 0 aromatic heterocycles. The molecule has 2 heterocycles. The Kier molecular flexibility index (Phi) is 3.49. The number of carbonyl (C=O) groups is 1. The summed E-state index contributed by atoms with van der Waals surface area (Å²) in [5, 5.41) is 3.31. The second-order valence-corrected chi connectivity index (χ2v) is 6.48. The lowest BCUT2D eigenvalue weighted by atomic mass is 10.1. The molecule has 92 valence electrons. The third-order valence-electron chi connectivity index (χ3n) is 3.25. The van der Waals surface area contributed by atoms with Crippen molar-refractivity contribution in [3.63, 3.8) is 0 Å². The van der Waals surface area contributed by atoms with E-state index >= 15 is 0 Å². The van der Waals surface area contributed by atoms with Gasteiger partial charge < -0.3 is 5.32 Å². The van der Waals surface area contributed by atoms with E-state index in [1.54, 1.807) is 0 Å². The van der Waals surface area contributed by atoms with E-state index in [2.05, 4.69) is 5.32 Å². The third-order valence-corrected chi connectivity index (χ3v) is 5.11. The zero-order valence-electron chi connectivity index (χ0n) is 9.31. The summed E-state index contributed by atoms with van der Waals surface area (Å²) >= 11 is 0. The summed E-state index contributed by atoms with van der Waals surface area (Å²) in [7, 11) is -3.31. The summed E-state index contributed by atoms with van der Waals surface area (Å²) < 4.78 is 24.4. The predicted octanol–water partition coefficient (Wildman–Crippen LogP) is 0.0807. The first-order chi connectivity index (χ1) is 7.59. The second-order valence-electron chi connectivity index (χ2n) is 4.47. The van der Waals surface area contributed by atoms with Crippen molar-refractivity contribution in [3.05, 3.63) is 0 Å². The summed E-state index contributed by atoms with van der Waals surface area (Å²) in [5.41, 5.74) is 0. The van der Waals surface area contributed by atoms with E-state index in [0.29, 0.717) is 25.4 Å². The standard InChI is InChI=1S/C10H18N2O3S/c13-10-4-2-8-16(14,15)12(10)7-5-9-3-1-6-11-9/h9,11H,1-8H2. The zero-order valence-corrected chi connectivity index (χ0v) is 10.1. The number of sulfonamides is 1.